The van der Waals surface area contributed by atoms with Gasteiger partial charge in [-0.1, -0.05) is 81.2 Å². The summed E-state index contributed by atoms with van der Waals surface area (Å²) in [5, 5.41) is 3.87. The van der Waals surface area contributed by atoms with Crippen LogP contribution >= 0.6 is 0 Å². The molecule has 0 saturated carbocycles. The summed E-state index contributed by atoms with van der Waals surface area (Å²) in [4.78, 5) is 0. The Hall–Kier alpha value is -1.60. The molecule has 1 aromatic rings. The van der Waals surface area contributed by atoms with Crippen LogP contribution in [0.1, 0.15) is 84.1 Å². The van der Waals surface area contributed by atoms with Gasteiger partial charge in [0, 0.05) is 12.6 Å². The van der Waals surface area contributed by atoms with Crippen molar-refractivity contribution >= 4 is 0 Å². The summed E-state index contributed by atoms with van der Waals surface area (Å²) < 4.78 is 0. The lowest BCUT2D eigenvalue weighted by Crippen LogP contribution is -2.32. The third-order valence-electron chi connectivity index (χ3n) is 5.63. The summed E-state index contributed by atoms with van der Waals surface area (Å²) >= 11 is 0. The first-order valence-corrected chi connectivity index (χ1v) is 11.0. The monoisotopic (exact) mass is 365 g/mol. The predicted octanol–water partition coefficient (Wildman–Crippen LogP) is 7.51. The normalized spacial score (nSPS) is 15.1. The summed E-state index contributed by atoms with van der Waals surface area (Å²) in [5.74, 6) is 0. The fourth-order valence-electron chi connectivity index (χ4n) is 4.11. The predicted molar refractivity (Wildman–Crippen MR) is 120 cm³/mol. The zero-order chi connectivity index (χ0) is 19.5. The Bertz CT molecular complexity index is 631. The van der Waals surface area contributed by atoms with Gasteiger partial charge in [0.25, 0.3) is 0 Å². The largest absolute Gasteiger partial charge is 0.306 e. The maximum Gasteiger partial charge on any atom is 0.0328 e. The minimum atomic E-state index is 0.391. The third-order valence-corrected chi connectivity index (χ3v) is 5.63. The van der Waals surface area contributed by atoms with Crippen molar-refractivity contribution in [3.05, 3.63) is 70.8 Å². The van der Waals surface area contributed by atoms with Crippen molar-refractivity contribution in [1.82, 2.24) is 5.32 Å². The van der Waals surface area contributed by atoms with Gasteiger partial charge in [0.05, 0.1) is 0 Å². The summed E-state index contributed by atoms with van der Waals surface area (Å²) in [5.41, 5.74) is 6.99. The molecule has 27 heavy (non-hydrogen) atoms. The van der Waals surface area contributed by atoms with Crippen LogP contribution in [0.2, 0.25) is 0 Å². The molecule has 148 valence electrons. The van der Waals surface area contributed by atoms with Crippen LogP contribution in [-0.2, 0) is 6.54 Å². The van der Waals surface area contributed by atoms with Crippen molar-refractivity contribution in [1.29, 1.82) is 0 Å². The number of benzene rings is 1. The summed E-state index contributed by atoms with van der Waals surface area (Å²) in [7, 11) is 0. The van der Waals surface area contributed by atoms with E-state index in [0.29, 0.717) is 6.04 Å². The number of hydrogen-bond acceptors (Lipinski definition) is 1. The molecule has 0 spiro atoms. The van der Waals surface area contributed by atoms with Crippen molar-refractivity contribution in [3.8, 4) is 0 Å². The van der Waals surface area contributed by atoms with Crippen LogP contribution in [0.4, 0.5) is 0 Å². The average Bonchev–Trinajstić information content (AvgIpc) is 2.70. The molecule has 0 heterocycles. The van der Waals surface area contributed by atoms with E-state index in [1.807, 2.05) is 0 Å². The first kappa shape index (κ1) is 21.7. The Morgan fingerprint density at radius 2 is 1.85 bits per heavy atom. The van der Waals surface area contributed by atoms with Gasteiger partial charge in [-0.15, -0.1) is 0 Å². The lowest BCUT2D eigenvalue weighted by molar-refractivity contribution is 0.499. The lowest BCUT2D eigenvalue weighted by atomic mass is 9.84. The average molecular weight is 366 g/mol. The molecular weight excluding hydrogens is 326 g/mol. The molecule has 0 saturated heterocycles. The molecule has 2 rings (SSSR count). The van der Waals surface area contributed by atoms with Gasteiger partial charge in [-0.25, -0.2) is 0 Å². The second kappa shape index (κ2) is 12.0. The highest BCUT2D eigenvalue weighted by Gasteiger charge is 2.20. The smallest absolute Gasteiger partial charge is 0.0328 e. The van der Waals surface area contributed by atoms with E-state index < -0.39 is 0 Å². The molecule has 0 amide bonds. The van der Waals surface area contributed by atoms with E-state index in [2.05, 4.69) is 69.1 Å². The minimum Gasteiger partial charge on any atom is -0.306 e. The second-order valence-corrected chi connectivity index (χ2v) is 8.14. The van der Waals surface area contributed by atoms with Gasteiger partial charge < -0.3 is 5.32 Å². The Kier molecular flexibility index (Phi) is 9.62. The van der Waals surface area contributed by atoms with Crippen LogP contribution in [0.5, 0.6) is 0 Å². The van der Waals surface area contributed by atoms with Crippen LogP contribution < -0.4 is 5.32 Å². The summed E-state index contributed by atoms with van der Waals surface area (Å²) in [6.45, 7) is 12.3. The Balaban J connectivity index is 2.14. The molecule has 1 unspecified atom stereocenters. The van der Waals surface area contributed by atoms with Crippen molar-refractivity contribution in [2.24, 2.45) is 0 Å². The van der Waals surface area contributed by atoms with Gasteiger partial charge in [-0.3, -0.25) is 0 Å². The number of allylic oxidation sites excluding steroid dienone is 3. The lowest BCUT2D eigenvalue weighted by Gasteiger charge is -2.28. The van der Waals surface area contributed by atoms with Crippen molar-refractivity contribution in [3.63, 3.8) is 0 Å². The number of hydrogen-bond donors (Lipinski definition) is 1. The van der Waals surface area contributed by atoms with E-state index in [1.165, 1.54) is 85.6 Å². The van der Waals surface area contributed by atoms with Gasteiger partial charge in [-0.05, 0) is 68.2 Å². The second-order valence-electron chi connectivity index (χ2n) is 8.14. The van der Waals surface area contributed by atoms with Crippen LogP contribution in [0.25, 0.3) is 0 Å². The minimum absolute atomic E-state index is 0.391. The molecule has 1 aliphatic rings. The zero-order valence-corrected chi connectivity index (χ0v) is 17.8. The molecule has 1 aromatic carbocycles. The van der Waals surface area contributed by atoms with E-state index in [9.17, 15) is 0 Å². The van der Waals surface area contributed by atoms with E-state index in [4.69, 9.17) is 0 Å². The standard InChI is InChI=1S/C26H39N/c1-5-6-7-14-19-25(27-20-23-15-10-8-11-16-23)26(21(2)3)22(4)24-17-12-9-13-18-24/h8,10-11,15-17,25,27H,4-7,9,12-14,18-20H2,1-3H3. The number of nitrogens with one attached hydrogen (secondary N) is 1. The highest BCUT2D eigenvalue weighted by atomic mass is 14.9. The van der Waals surface area contributed by atoms with Crippen LogP contribution in [0.3, 0.4) is 0 Å². The molecule has 1 atom stereocenters. The molecule has 1 nitrogen and oxygen atoms in total. The van der Waals surface area contributed by atoms with E-state index in [-0.39, 0.29) is 0 Å². The van der Waals surface area contributed by atoms with E-state index in [0.717, 1.165) is 6.54 Å². The molecule has 0 aliphatic heterocycles. The van der Waals surface area contributed by atoms with Gasteiger partial charge in [0.15, 0.2) is 0 Å². The van der Waals surface area contributed by atoms with E-state index in [1.54, 1.807) is 0 Å². The van der Waals surface area contributed by atoms with Crippen molar-refractivity contribution in [2.75, 3.05) is 0 Å². The van der Waals surface area contributed by atoms with Crippen molar-refractivity contribution in [2.45, 2.75) is 91.1 Å². The number of unbranched alkanes of at least 4 members (excludes halogenated alkanes) is 3. The van der Waals surface area contributed by atoms with Gasteiger partial charge in [0.1, 0.15) is 0 Å². The fourth-order valence-corrected chi connectivity index (χ4v) is 4.11. The first-order chi connectivity index (χ1) is 13.1. The van der Waals surface area contributed by atoms with Gasteiger partial charge in [0.2, 0.25) is 0 Å². The molecular formula is C26H39N. The first-order valence-electron chi connectivity index (χ1n) is 11.0. The molecule has 1 N–H and O–H groups in total. The summed E-state index contributed by atoms with van der Waals surface area (Å²) in [6.07, 6.45) is 13.9. The molecule has 0 aromatic heterocycles. The highest BCUT2D eigenvalue weighted by molar-refractivity contribution is 5.49. The van der Waals surface area contributed by atoms with Gasteiger partial charge >= 0.3 is 0 Å². The Morgan fingerprint density at radius 3 is 2.48 bits per heavy atom. The molecule has 1 heteroatoms. The maximum atomic E-state index is 4.55. The highest BCUT2D eigenvalue weighted by Crippen LogP contribution is 2.32. The summed E-state index contributed by atoms with van der Waals surface area (Å²) in [6, 6.07) is 11.2. The molecule has 0 fully saturated rings. The van der Waals surface area contributed by atoms with E-state index >= 15 is 0 Å². The Morgan fingerprint density at radius 1 is 1.07 bits per heavy atom. The third kappa shape index (κ3) is 7.14. The quantitative estimate of drug-likeness (QED) is 0.316. The molecule has 0 bridgehead atoms. The SMILES string of the molecule is C=C(C1=CCCCC1)C(=C(C)C)C(CCCCCC)NCc1ccccc1. The zero-order valence-electron chi connectivity index (χ0n) is 17.8. The van der Waals surface area contributed by atoms with Crippen LogP contribution in [0, 0.1) is 0 Å². The molecule has 0 radical (unpaired) electrons. The van der Waals surface area contributed by atoms with Gasteiger partial charge in [-0.2, -0.15) is 0 Å². The fraction of sp³-hybridized carbons (Fsp3) is 0.538. The van der Waals surface area contributed by atoms with Crippen molar-refractivity contribution < 1.29 is 0 Å². The Labute approximate surface area is 167 Å². The number of rotatable bonds is 11. The topological polar surface area (TPSA) is 12.0 Å². The van der Waals surface area contributed by atoms with Crippen LogP contribution in [0.15, 0.2) is 65.3 Å². The van der Waals surface area contributed by atoms with Crippen LogP contribution in [-0.4, -0.2) is 6.04 Å². The maximum absolute atomic E-state index is 4.55. The molecule has 1 aliphatic carbocycles.